The summed E-state index contributed by atoms with van der Waals surface area (Å²) in [4.78, 5) is 19.0. The van der Waals surface area contributed by atoms with Crippen LogP contribution in [0.3, 0.4) is 0 Å². The zero-order valence-electron chi connectivity index (χ0n) is 16.3. The van der Waals surface area contributed by atoms with Gasteiger partial charge in [-0.15, -0.1) is 0 Å². The molecule has 0 saturated carbocycles. The first-order chi connectivity index (χ1) is 13.6. The Hall–Kier alpha value is -2.26. The molecule has 1 amide bonds. The minimum Gasteiger partial charge on any atom is -0.361 e. The predicted octanol–water partition coefficient (Wildman–Crippen LogP) is 5.80. The van der Waals surface area contributed by atoms with E-state index in [2.05, 4.69) is 41.1 Å². The van der Waals surface area contributed by atoms with Crippen LogP contribution in [0.4, 0.5) is 0 Å². The summed E-state index contributed by atoms with van der Waals surface area (Å²) in [5, 5.41) is 1.92. The maximum Gasteiger partial charge on any atom is 0.230 e. The van der Waals surface area contributed by atoms with Gasteiger partial charge in [-0.05, 0) is 60.9 Å². The van der Waals surface area contributed by atoms with Gasteiger partial charge in [0.1, 0.15) is 0 Å². The molecular formula is C24H27ClN2O. The van der Waals surface area contributed by atoms with Crippen LogP contribution < -0.4 is 0 Å². The average Bonchev–Trinajstić information content (AvgIpc) is 3.19. The van der Waals surface area contributed by atoms with Crippen LogP contribution in [-0.2, 0) is 11.2 Å². The number of nitrogens with zero attached hydrogens (tertiary/aromatic N) is 1. The van der Waals surface area contributed by atoms with Gasteiger partial charge in [0.15, 0.2) is 0 Å². The van der Waals surface area contributed by atoms with Crippen molar-refractivity contribution in [1.29, 1.82) is 0 Å². The van der Waals surface area contributed by atoms with E-state index < -0.39 is 0 Å². The lowest BCUT2D eigenvalue weighted by atomic mass is 9.88. The molecule has 0 bridgehead atoms. The van der Waals surface area contributed by atoms with E-state index >= 15 is 0 Å². The first kappa shape index (κ1) is 19.1. The lowest BCUT2D eigenvalue weighted by Crippen LogP contribution is -2.41. The highest BCUT2D eigenvalue weighted by Gasteiger charge is 2.29. The van der Waals surface area contributed by atoms with Gasteiger partial charge in [-0.1, -0.05) is 48.9 Å². The summed E-state index contributed by atoms with van der Waals surface area (Å²) < 4.78 is 0. The molecule has 4 heteroatoms. The normalized spacial score (nSPS) is 18.4. The smallest absolute Gasteiger partial charge is 0.230 e. The van der Waals surface area contributed by atoms with Crippen LogP contribution >= 0.6 is 11.6 Å². The molecule has 1 aliphatic heterocycles. The van der Waals surface area contributed by atoms with Gasteiger partial charge in [0.25, 0.3) is 0 Å². The molecule has 1 fully saturated rings. The first-order valence-corrected chi connectivity index (χ1v) is 10.6. The Balaban J connectivity index is 1.65. The number of rotatable bonds is 5. The van der Waals surface area contributed by atoms with Gasteiger partial charge in [0, 0.05) is 35.2 Å². The van der Waals surface area contributed by atoms with E-state index in [1.54, 1.807) is 0 Å². The fourth-order valence-corrected chi connectivity index (χ4v) is 4.67. The summed E-state index contributed by atoms with van der Waals surface area (Å²) in [5.74, 6) is 0.679. The molecule has 0 radical (unpaired) electrons. The van der Waals surface area contributed by atoms with Gasteiger partial charge in [-0.25, -0.2) is 0 Å². The summed E-state index contributed by atoms with van der Waals surface area (Å²) in [6.45, 7) is 3.98. The van der Waals surface area contributed by atoms with E-state index in [0.29, 0.717) is 5.92 Å². The van der Waals surface area contributed by atoms with Gasteiger partial charge >= 0.3 is 0 Å². The zero-order chi connectivity index (χ0) is 19.5. The van der Waals surface area contributed by atoms with Crippen molar-refractivity contribution in [3.05, 3.63) is 70.9 Å². The number of carbonyl (C=O) groups is 1. The number of likely N-dealkylation sites (tertiary alicyclic amines) is 1. The molecule has 4 rings (SSSR count). The number of fused-ring (bicyclic) bond motifs is 1. The summed E-state index contributed by atoms with van der Waals surface area (Å²) in [6, 6.07) is 16.2. The second kappa shape index (κ2) is 8.40. The summed E-state index contributed by atoms with van der Waals surface area (Å²) >= 11 is 6.38. The highest BCUT2D eigenvalue weighted by molar-refractivity contribution is 6.31. The van der Waals surface area contributed by atoms with Gasteiger partial charge < -0.3 is 9.88 Å². The summed E-state index contributed by atoms with van der Waals surface area (Å²) in [6.07, 6.45) is 5.81. The Morgan fingerprint density at radius 1 is 1.21 bits per heavy atom. The molecule has 146 valence electrons. The molecule has 3 nitrogen and oxygen atoms in total. The van der Waals surface area contributed by atoms with Crippen molar-refractivity contribution in [2.75, 3.05) is 13.1 Å². The van der Waals surface area contributed by atoms with E-state index in [-0.39, 0.29) is 11.8 Å². The van der Waals surface area contributed by atoms with Crippen LogP contribution in [-0.4, -0.2) is 28.9 Å². The number of amides is 1. The van der Waals surface area contributed by atoms with Crippen molar-refractivity contribution in [1.82, 2.24) is 9.88 Å². The predicted molar refractivity (Wildman–Crippen MR) is 116 cm³/mol. The molecule has 1 saturated heterocycles. The van der Waals surface area contributed by atoms with Gasteiger partial charge in [0.05, 0.1) is 5.92 Å². The Morgan fingerprint density at radius 2 is 2.07 bits per heavy atom. The molecule has 2 aromatic carbocycles. The fourth-order valence-electron chi connectivity index (χ4n) is 4.44. The van der Waals surface area contributed by atoms with Gasteiger partial charge in [-0.3, -0.25) is 4.79 Å². The molecule has 2 atom stereocenters. The summed E-state index contributed by atoms with van der Waals surface area (Å²) in [5.41, 5.74) is 3.31. The fraction of sp³-hybridized carbons (Fsp3) is 0.375. The van der Waals surface area contributed by atoms with Crippen LogP contribution in [0.15, 0.2) is 54.7 Å². The lowest BCUT2D eigenvalue weighted by Gasteiger charge is -2.34. The molecule has 1 aromatic heterocycles. The van der Waals surface area contributed by atoms with Crippen LogP contribution in [0.5, 0.6) is 0 Å². The van der Waals surface area contributed by atoms with Crippen molar-refractivity contribution >= 4 is 28.4 Å². The van der Waals surface area contributed by atoms with E-state index in [1.165, 1.54) is 6.42 Å². The number of aromatic amines is 1. The number of aryl methyl sites for hydroxylation is 1. The second-order valence-corrected chi connectivity index (χ2v) is 8.41. The number of benzene rings is 2. The van der Waals surface area contributed by atoms with Crippen LogP contribution in [0, 0.1) is 5.92 Å². The Kier molecular flexibility index (Phi) is 5.72. The number of H-pyrrole nitrogens is 1. The highest BCUT2D eigenvalue weighted by atomic mass is 35.5. The van der Waals surface area contributed by atoms with E-state index in [0.717, 1.165) is 59.4 Å². The van der Waals surface area contributed by atoms with E-state index in [1.807, 2.05) is 30.5 Å². The number of piperidine rings is 1. The average molecular weight is 395 g/mol. The number of hydrogen-bond acceptors (Lipinski definition) is 1. The quantitative estimate of drug-likeness (QED) is 0.583. The second-order valence-electron chi connectivity index (χ2n) is 8.00. The molecule has 3 aromatic rings. The maximum atomic E-state index is 13.6. The monoisotopic (exact) mass is 394 g/mol. The topological polar surface area (TPSA) is 36.1 Å². The molecule has 1 aliphatic rings. The molecule has 28 heavy (non-hydrogen) atoms. The standard InChI is InChI=1S/C24H27ClN2O/c1-17-6-5-15-27(16-17)24(28)21(12-11-18-7-2-3-9-22(18)25)19-8-4-10-23-20(19)13-14-26-23/h2-4,7-10,13-14,17,21,26H,5-6,11-12,15-16H2,1H3. The van der Waals surface area contributed by atoms with Gasteiger partial charge in [-0.2, -0.15) is 0 Å². The largest absolute Gasteiger partial charge is 0.361 e. The third-order valence-electron chi connectivity index (χ3n) is 5.93. The molecule has 1 N–H and O–H groups in total. The Labute approximate surface area is 171 Å². The number of aromatic nitrogens is 1. The first-order valence-electron chi connectivity index (χ1n) is 10.2. The highest BCUT2D eigenvalue weighted by Crippen LogP contribution is 2.32. The van der Waals surface area contributed by atoms with Gasteiger partial charge in [0.2, 0.25) is 5.91 Å². The Bertz CT molecular complexity index is 964. The summed E-state index contributed by atoms with van der Waals surface area (Å²) in [7, 11) is 0. The number of carbonyl (C=O) groups excluding carboxylic acids is 1. The molecular weight excluding hydrogens is 368 g/mol. The number of nitrogens with one attached hydrogen (secondary N) is 1. The lowest BCUT2D eigenvalue weighted by molar-refractivity contribution is -0.134. The minimum absolute atomic E-state index is 0.152. The van der Waals surface area contributed by atoms with Crippen molar-refractivity contribution in [2.24, 2.45) is 5.92 Å². The van der Waals surface area contributed by atoms with E-state index in [9.17, 15) is 4.79 Å². The van der Waals surface area contributed by atoms with Crippen molar-refractivity contribution < 1.29 is 4.79 Å². The Morgan fingerprint density at radius 3 is 2.89 bits per heavy atom. The maximum absolute atomic E-state index is 13.6. The zero-order valence-corrected chi connectivity index (χ0v) is 17.1. The van der Waals surface area contributed by atoms with E-state index in [4.69, 9.17) is 11.6 Å². The van der Waals surface area contributed by atoms with Crippen molar-refractivity contribution in [3.63, 3.8) is 0 Å². The minimum atomic E-state index is -0.152. The van der Waals surface area contributed by atoms with Crippen LogP contribution in [0.2, 0.25) is 5.02 Å². The molecule has 2 heterocycles. The third-order valence-corrected chi connectivity index (χ3v) is 6.30. The number of halogens is 1. The third kappa shape index (κ3) is 3.95. The van der Waals surface area contributed by atoms with Crippen LogP contribution in [0.1, 0.15) is 43.2 Å². The number of hydrogen-bond donors (Lipinski definition) is 1. The van der Waals surface area contributed by atoms with Crippen molar-refractivity contribution in [2.45, 2.75) is 38.5 Å². The molecule has 2 unspecified atom stereocenters. The van der Waals surface area contributed by atoms with Crippen molar-refractivity contribution in [3.8, 4) is 0 Å². The SMILES string of the molecule is CC1CCCN(C(=O)C(CCc2ccccc2Cl)c2cccc3[nH]ccc23)C1. The van der Waals surface area contributed by atoms with Crippen LogP contribution in [0.25, 0.3) is 10.9 Å². The molecule has 0 aliphatic carbocycles. The molecule has 0 spiro atoms.